The van der Waals surface area contributed by atoms with Crippen molar-refractivity contribution in [3.8, 4) is 0 Å². The van der Waals surface area contributed by atoms with E-state index in [1.54, 1.807) is 0 Å². The van der Waals surface area contributed by atoms with Crippen LogP contribution in [0.2, 0.25) is 0 Å². The summed E-state index contributed by atoms with van der Waals surface area (Å²) in [7, 11) is 0. The molecule has 0 aliphatic rings. The van der Waals surface area contributed by atoms with Gasteiger partial charge in [-0.05, 0) is 34.4 Å². The average molecular weight is 433 g/mol. The van der Waals surface area contributed by atoms with Crippen LogP contribution in [0.4, 0.5) is 0 Å². The molecule has 4 heteroatoms. The number of unbranched alkanes of at least 4 members (excludes halogenated alkanes) is 6. The highest BCUT2D eigenvalue weighted by atomic mass is 16.2. The van der Waals surface area contributed by atoms with Crippen LogP contribution in [0.25, 0.3) is 21.5 Å². The smallest absolute Gasteiger partial charge is 0.252 e. The number of rotatable bonds is 12. The Bertz CT molecular complexity index is 917. The molecule has 0 radical (unpaired) electrons. The summed E-state index contributed by atoms with van der Waals surface area (Å²) in [6.07, 6.45) is 8.91. The number of carbonyl (C=O) groups excluding carboxylic acids is 2. The van der Waals surface area contributed by atoms with E-state index in [9.17, 15) is 9.59 Å². The highest BCUT2D eigenvalue weighted by Gasteiger charge is 2.21. The molecule has 32 heavy (non-hydrogen) atoms. The second-order valence-electron chi connectivity index (χ2n) is 8.47. The first-order valence-corrected chi connectivity index (χ1v) is 12.2. The lowest BCUT2D eigenvalue weighted by Crippen LogP contribution is -2.27. The summed E-state index contributed by atoms with van der Waals surface area (Å²) >= 11 is 0. The molecule has 0 saturated carbocycles. The largest absolute Gasteiger partial charge is 0.352 e. The standard InChI is InChI=1S/C28H36N2O2/c1-3-5-7-13-19-29-27(31)25-21-15-9-11-17-23(21)26(24-18-12-10-16-22(24)25)28(32)30-20-14-8-6-4-2/h9-12,15-18H,3-8,13-14,19-20H2,1-2H3,(H,29,31)(H,30,32). The minimum Gasteiger partial charge on any atom is -0.352 e. The second kappa shape index (κ2) is 12.2. The lowest BCUT2D eigenvalue weighted by atomic mass is 9.91. The number of benzene rings is 3. The first-order valence-electron chi connectivity index (χ1n) is 12.2. The molecule has 0 heterocycles. The molecule has 4 nitrogen and oxygen atoms in total. The molecule has 3 rings (SSSR count). The molecule has 0 unspecified atom stereocenters. The van der Waals surface area contributed by atoms with E-state index < -0.39 is 0 Å². The summed E-state index contributed by atoms with van der Waals surface area (Å²) in [5.74, 6) is -0.138. The first-order chi connectivity index (χ1) is 15.7. The minimum atomic E-state index is -0.0691. The van der Waals surface area contributed by atoms with Gasteiger partial charge in [-0.1, -0.05) is 101 Å². The Morgan fingerprint density at radius 2 is 0.906 bits per heavy atom. The number of hydrogen-bond acceptors (Lipinski definition) is 2. The number of hydrogen-bond donors (Lipinski definition) is 2. The van der Waals surface area contributed by atoms with E-state index in [2.05, 4.69) is 24.5 Å². The van der Waals surface area contributed by atoms with Crippen LogP contribution in [0.5, 0.6) is 0 Å². The Labute approximate surface area is 191 Å². The van der Waals surface area contributed by atoms with Gasteiger partial charge < -0.3 is 10.6 Å². The van der Waals surface area contributed by atoms with Gasteiger partial charge in [0.1, 0.15) is 0 Å². The Morgan fingerprint density at radius 1 is 0.562 bits per heavy atom. The lowest BCUT2D eigenvalue weighted by molar-refractivity contribution is 0.0945. The van der Waals surface area contributed by atoms with Crippen molar-refractivity contribution in [1.29, 1.82) is 0 Å². The van der Waals surface area contributed by atoms with Gasteiger partial charge in [0.25, 0.3) is 11.8 Å². The molecule has 0 bridgehead atoms. The van der Waals surface area contributed by atoms with E-state index in [0.717, 1.165) is 47.2 Å². The average Bonchev–Trinajstić information content (AvgIpc) is 2.81. The molecular formula is C28H36N2O2. The molecule has 3 aromatic rings. The maximum absolute atomic E-state index is 13.2. The quantitative estimate of drug-likeness (QED) is 0.250. The van der Waals surface area contributed by atoms with Gasteiger partial charge >= 0.3 is 0 Å². The molecule has 0 spiro atoms. The van der Waals surface area contributed by atoms with Crippen molar-refractivity contribution in [2.24, 2.45) is 0 Å². The van der Waals surface area contributed by atoms with Crippen LogP contribution < -0.4 is 10.6 Å². The summed E-state index contributed by atoms with van der Waals surface area (Å²) < 4.78 is 0. The Balaban J connectivity index is 1.95. The van der Waals surface area contributed by atoms with E-state index in [0.29, 0.717) is 24.2 Å². The SMILES string of the molecule is CCCCCCNC(=O)c1c2ccccc2c(C(=O)NCCCCCC)c2ccccc12. The fraction of sp³-hybridized carbons (Fsp3) is 0.429. The maximum Gasteiger partial charge on any atom is 0.252 e. The number of nitrogens with one attached hydrogen (secondary N) is 2. The van der Waals surface area contributed by atoms with E-state index in [1.165, 1.54) is 25.7 Å². The minimum absolute atomic E-state index is 0.0691. The monoisotopic (exact) mass is 432 g/mol. The second-order valence-corrected chi connectivity index (χ2v) is 8.47. The Kier molecular flexibility index (Phi) is 9.09. The highest BCUT2D eigenvalue weighted by molar-refractivity contribution is 6.26. The van der Waals surface area contributed by atoms with Crippen LogP contribution in [0.1, 0.15) is 85.9 Å². The highest BCUT2D eigenvalue weighted by Crippen LogP contribution is 2.33. The molecular weight excluding hydrogens is 396 g/mol. The summed E-state index contributed by atoms with van der Waals surface area (Å²) in [5, 5.41) is 9.52. The van der Waals surface area contributed by atoms with Crippen LogP contribution in [0.3, 0.4) is 0 Å². The van der Waals surface area contributed by atoms with Crippen LogP contribution >= 0.6 is 0 Å². The summed E-state index contributed by atoms with van der Waals surface area (Å²) in [6, 6.07) is 15.5. The van der Waals surface area contributed by atoms with Crippen LogP contribution in [-0.4, -0.2) is 24.9 Å². The van der Waals surface area contributed by atoms with Crippen LogP contribution in [-0.2, 0) is 0 Å². The number of carbonyl (C=O) groups is 2. The van der Waals surface area contributed by atoms with E-state index >= 15 is 0 Å². The molecule has 2 N–H and O–H groups in total. The molecule has 0 atom stereocenters. The van der Waals surface area contributed by atoms with Crippen molar-refractivity contribution >= 4 is 33.4 Å². The van der Waals surface area contributed by atoms with Gasteiger partial charge in [0.05, 0.1) is 11.1 Å². The molecule has 2 amide bonds. The third-order valence-electron chi connectivity index (χ3n) is 6.02. The van der Waals surface area contributed by atoms with Crippen molar-refractivity contribution in [2.45, 2.75) is 65.2 Å². The molecule has 0 aromatic heterocycles. The zero-order valence-electron chi connectivity index (χ0n) is 19.5. The van der Waals surface area contributed by atoms with Gasteiger partial charge in [-0.25, -0.2) is 0 Å². The zero-order valence-corrected chi connectivity index (χ0v) is 19.5. The molecule has 0 fully saturated rings. The van der Waals surface area contributed by atoms with Gasteiger partial charge in [-0.15, -0.1) is 0 Å². The maximum atomic E-state index is 13.2. The van der Waals surface area contributed by atoms with Crippen molar-refractivity contribution < 1.29 is 9.59 Å². The molecule has 0 aliphatic carbocycles. The van der Waals surface area contributed by atoms with Gasteiger partial charge in [-0.3, -0.25) is 9.59 Å². The van der Waals surface area contributed by atoms with Gasteiger partial charge in [0.2, 0.25) is 0 Å². The fourth-order valence-electron chi connectivity index (χ4n) is 4.30. The van der Waals surface area contributed by atoms with Gasteiger partial charge in [0.15, 0.2) is 0 Å². The van der Waals surface area contributed by atoms with Crippen molar-refractivity contribution in [3.05, 3.63) is 59.7 Å². The van der Waals surface area contributed by atoms with Crippen molar-refractivity contribution in [3.63, 3.8) is 0 Å². The first kappa shape index (κ1) is 23.8. The topological polar surface area (TPSA) is 58.2 Å². The predicted octanol–water partition coefficient (Wildman–Crippen LogP) is 6.61. The third-order valence-corrected chi connectivity index (χ3v) is 6.02. The number of amides is 2. The normalized spacial score (nSPS) is 11.1. The van der Waals surface area contributed by atoms with Gasteiger partial charge in [-0.2, -0.15) is 0 Å². The lowest BCUT2D eigenvalue weighted by Gasteiger charge is -2.16. The van der Waals surface area contributed by atoms with Crippen LogP contribution in [0, 0.1) is 0 Å². The molecule has 0 aliphatic heterocycles. The van der Waals surface area contributed by atoms with Crippen molar-refractivity contribution in [2.75, 3.05) is 13.1 Å². The van der Waals surface area contributed by atoms with Crippen LogP contribution in [0.15, 0.2) is 48.5 Å². The summed E-state index contributed by atoms with van der Waals surface area (Å²) in [6.45, 7) is 5.70. The van der Waals surface area contributed by atoms with E-state index in [-0.39, 0.29) is 11.8 Å². The fourth-order valence-corrected chi connectivity index (χ4v) is 4.30. The Morgan fingerprint density at radius 3 is 1.22 bits per heavy atom. The molecule has 0 saturated heterocycles. The van der Waals surface area contributed by atoms with Crippen molar-refractivity contribution in [1.82, 2.24) is 10.6 Å². The van der Waals surface area contributed by atoms with Gasteiger partial charge in [0, 0.05) is 13.1 Å². The predicted molar refractivity (Wildman–Crippen MR) is 134 cm³/mol. The Hall–Kier alpha value is -2.88. The van der Waals surface area contributed by atoms with E-state index in [4.69, 9.17) is 0 Å². The molecule has 170 valence electrons. The summed E-state index contributed by atoms with van der Waals surface area (Å²) in [5.41, 5.74) is 1.32. The van der Waals surface area contributed by atoms with E-state index in [1.807, 2.05) is 48.5 Å². The zero-order chi connectivity index (χ0) is 22.8. The third kappa shape index (κ3) is 5.67. The summed E-state index contributed by atoms with van der Waals surface area (Å²) in [4.78, 5) is 26.5. The molecule has 3 aromatic carbocycles. The number of fused-ring (bicyclic) bond motifs is 2.